The summed E-state index contributed by atoms with van der Waals surface area (Å²) in [5.74, 6) is -0.155. The lowest BCUT2D eigenvalue weighted by Crippen LogP contribution is -2.16. The maximum Gasteiger partial charge on any atom is 0.341 e. The summed E-state index contributed by atoms with van der Waals surface area (Å²) in [5.41, 5.74) is 2.72. The van der Waals surface area contributed by atoms with E-state index in [-0.39, 0.29) is 17.9 Å². The number of hydrogen-bond donors (Lipinski definition) is 2. The van der Waals surface area contributed by atoms with Crippen LogP contribution in [0.5, 0.6) is 0 Å². The van der Waals surface area contributed by atoms with Crippen LogP contribution >= 0.6 is 0 Å². The summed E-state index contributed by atoms with van der Waals surface area (Å²) in [7, 11) is 0. The van der Waals surface area contributed by atoms with Crippen LogP contribution in [0.15, 0.2) is 65.3 Å². The van der Waals surface area contributed by atoms with E-state index in [0.29, 0.717) is 22.8 Å². The van der Waals surface area contributed by atoms with Crippen molar-refractivity contribution in [3.63, 3.8) is 0 Å². The highest BCUT2D eigenvalue weighted by Crippen LogP contribution is 2.24. The monoisotopic (exact) mass is 393 g/mol. The third-order valence-electron chi connectivity index (χ3n) is 4.10. The van der Waals surface area contributed by atoms with Gasteiger partial charge in [-0.3, -0.25) is 15.1 Å². The Labute approximate surface area is 167 Å². The molecule has 0 aliphatic carbocycles. The Kier molecular flexibility index (Phi) is 5.98. The molecule has 1 aliphatic rings. The molecule has 1 aromatic heterocycles. The maximum atomic E-state index is 12.4. The van der Waals surface area contributed by atoms with E-state index in [1.54, 1.807) is 43.7 Å². The normalized spacial score (nSPS) is 13.2. The van der Waals surface area contributed by atoms with E-state index in [1.165, 1.54) is 18.3 Å². The van der Waals surface area contributed by atoms with Crippen molar-refractivity contribution in [3.8, 4) is 0 Å². The molecular formula is C20H19N5O4. The van der Waals surface area contributed by atoms with Crippen molar-refractivity contribution < 1.29 is 14.5 Å². The minimum atomic E-state index is -0.524. The molecule has 1 aliphatic heterocycles. The van der Waals surface area contributed by atoms with Crippen molar-refractivity contribution in [1.82, 2.24) is 10.3 Å². The number of carbonyl (C=O) groups is 1. The summed E-state index contributed by atoms with van der Waals surface area (Å²) in [6, 6.07) is 8.07. The number of nitrogens with zero attached hydrogens (tertiary/aromatic N) is 3. The molecule has 0 amide bonds. The van der Waals surface area contributed by atoms with Crippen LogP contribution < -0.4 is 10.6 Å². The molecule has 2 heterocycles. The smallest absolute Gasteiger partial charge is 0.341 e. The number of pyridine rings is 1. The second-order valence-corrected chi connectivity index (χ2v) is 6.06. The van der Waals surface area contributed by atoms with E-state index in [9.17, 15) is 14.9 Å². The van der Waals surface area contributed by atoms with Crippen LogP contribution in [0, 0.1) is 17.0 Å². The largest absolute Gasteiger partial charge is 0.462 e. The number of aliphatic imine (C=N–C) groups is 1. The Balaban J connectivity index is 1.94. The number of nitro groups is 1. The molecule has 148 valence electrons. The van der Waals surface area contributed by atoms with Gasteiger partial charge in [-0.15, -0.1) is 0 Å². The van der Waals surface area contributed by atoms with Gasteiger partial charge in [0.2, 0.25) is 0 Å². The van der Waals surface area contributed by atoms with Gasteiger partial charge in [0.05, 0.1) is 17.2 Å². The number of nitro benzene ring substituents is 1. The van der Waals surface area contributed by atoms with Crippen molar-refractivity contribution in [2.75, 3.05) is 11.9 Å². The topological polar surface area (TPSA) is 119 Å². The van der Waals surface area contributed by atoms with E-state index in [1.807, 2.05) is 6.92 Å². The number of anilines is 1. The van der Waals surface area contributed by atoms with Crippen LogP contribution in [0.25, 0.3) is 5.70 Å². The second-order valence-electron chi connectivity index (χ2n) is 6.06. The van der Waals surface area contributed by atoms with Gasteiger partial charge in [0.25, 0.3) is 5.69 Å². The van der Waals surface area contributed by atoms with E-state index in [4.69, 9.17) is 4.74 Å². The van der Waals surface area contributed by atoms with Gasteiger partial charge in [-0.1, -0.05) is 6.07 Å². The van der Waals surface area contributed by atoms with Crippen LogP contribution in [0.3, 0.4) is 0 Å². The molecule has 0 saturated carbocycles. The predicted octanol–water partition coefficient (Wildman–Crippen LogP) is 3.16. The number of hydrogen-bond acceptors (Lipinski definition) is 8. The highest BCUT2D eigenvalue weighted by molar-refractivity contribution is 6.16. The van der Waals surface area contributed by atoms with Gasteiger partial charge in [0.1, 0.15) is 11.4 Å². The summed E-state index contributed by atoms with van der Waals surface area (Å²) >= 11 is 0. The zero-order valence-corrected chi connectivity index (χ0v) is 15.9. The van der Waals surface area contributed by atoms with Gasteiger partial charge >= 0.3 is 5.97 Å². The molecule has 0 bridgehead atoms. The van der Waals surface area contributed by atoms with Crippen LogP contribution in [-0.2, 0) is 9.53 Å². The molecule has 2 aromatic rings. The van der Waals surface area contributed by atoms with Crippen LogP contribution in [-0.4, -0.2) is 28.7 Å². The van der Waals surface area contributed by atoms with E-state index >= 15 is 0 Å². The first-order chi connectivity index (χ1) is 14.0. The Morgan fingerprint density at radius 2 is 2.17 bits per heavy atom. The fourth-order valence-corrected chi connectivity index (χ4v) is 2.63. The van der Waals surface area contributed by atoms with Crippen molar-refractivity contribution in [2.24, 2.45) is 4.99 Å². The molecule has 0 fully saturated rings. The quantitative estimate of drug-likeness (QED) is 0.439. The molecule has 29 heavy (non-hydrogen) atoms. The molecule has 0 spiro atoms. The van der Waals surface area contributed by atoms with Crippen molar-refractivity contribution in [1.29, 1.82) is 0 Å². The molecule has 0 atom stereocenters. The average Bonchev–Trinajstić information content (AvgIpc) is 2.93. The molecule has 0 saturated heterocycles. The zero-order chi connectivity index (χ0) is 20.8. The Bertz CT molecular complexity index is 1030. The summed E-state index contributed by atoms with van der Waals surface area (Å²) in [4.78, 5) is 31.4. The van der Waals surface area contributed by atoms with Crippen molar-refractivity contribution in [2.45, 2.75) is 13.8 Å². The Hall–Kier alpha value is -4.01. The minimum Gasteiger partial charge on any atom is -0.462 e. The first-order valence-corrected chi connectivity index (χ1v) is 8.84. The van der Waals surface area contributed by atoms with Crippen LogP contribution in [0.1, 0.15) is 18.1 Å². The molecule has 9 nitrogen and oxygen atoms in total. The molecule has 2 N–H and O–H groups in total. The van der Waals surface area contributed by atoms with Crippen molar-refractivity contribution in [3.05, 3.63) is 81.6 Å². The number of ether oxygens (including phenoxy) is 1. The number of rotatable bonds is 6. The SMILES string of the molecule is CCOC(=O)C1=C(c2cccnc2)NC=C(Nc2cc([N+](=O)[O-])ccc2C)N=C1. The number of carbonyl (C=O) groups excluding carboxylic acids is 1. The molecule has 0 unspecified atom stereocenters. The summed E-state index contributed by atoms with van der Waals surface area (Å²) in [6.07, 6.45) is 6.22. The summed E-state index contributed by atoms with van der Waals surface area (Å²) < 4.78 is 5.14. The third kappa shape index (κ3) is 4.64. The lowest BCUT2D eigenvalue weighted by Gasteiger charge is -2.11. The van der Waals surface area contributed by atoms with Gasteiger partial charge < -0.3 is 15.4 Å². The van der Waals surface area contributed by atoms with Gasteiger partial charge in [0, 0.05) is 48.2 Å². The molecule has 1 aromatic carbocycles. The van der Waals surface area contributed by atoms with E-state index < -0.39 is 10.9 Å². The van der Waals surface area contributed by atoms with Crippen LogP contribution in [0.2, 0.25) is 0 Å². The third-order valence-corrected chi connectivity index (χ3v) is 4.10. The Morgan fingerprint density at radius 3 is 2.86 bits per heavy atom. The van der Waals surface area contributed by atoms with Gasteiger partial charge in [-0.05, 0) is 31.5 Å². The number of aromatic nitrogens is 1. The number of esters is 1. The highest BCUT2D eigenvalue weighted by atomic mass is 16.6. The van der Waals surface area contributed by atoms with E-state index in [0.717, 1.165) is 5.56 Å². The average molecular weight is 393 g/mol. The first-order valence-electron chi connectivity index (χ1n) is 8.84. The summed E-state index contributed by atoms with van der Waals surface area (Å²) in [5, 5.41) is 17.2. The van der Waals surface area contributed by atoms with Gasteiger partial charge in [-0.25, -0.2) is 9.79 Å². The number of non-ortho nitro benzene ring substituents is 1. The molecular weight excluding hydrogens is 374 g/mol. The number of aryl methyl sites for hydroxylation is 1. The Morgan fingerprint density at radius 1 is 1.34 bits per heavy atom. The molecule has 0 radical (unpaired) electrons. The molecule has 3 rings (SSSR count). The van der Waals surface area contributed by atoms with Gasteiger partial charge in [-0.2, -0.15) is 0 Å². The van der Waals surface area contributed by atoms with Gasteiger partial charge in [0.15, 0.2) is 0 Å². The fraction of sp³-hybridized carbons (Fsp3) is 0.150. The van der Waals surface area contributed by atoms with E-state index in [2.05, 4.69) is 20.6 Å². The van der Waals surface area contributed by atoms with Crippen LogP contribution in [0.4, 0.5) is 11.4 Å². The summed E-state index contributed by atoms with van der Waals surface area (Å²) in [6.45, 7) is 3.77. The predicted molar refractivity (Wildman–Crippen MR) is 109 cm³/mol. The zero-order valence-electron chi connectivity index (χ0n) is 15.9. The second kappa shape index (κ2) is 8.79. The number of benzene rings is 1. The first kappa shape index (κ1) is 19.7. The molecule has 9 heteroatoms. The van der Waals surface area contributed by atoms with Crippen molar-refractivity contribution >= 4 is 29.3 Å². The maximum absolute atomic E-state index is 12.4. The standard InChI is InChI=1S/C20H19N5O4/c1-3-29-20(26)16-11-22-18(12-23-19(16)14-5-4-8-21-10-14)24-17-9-15(25(27)28)7-6-13(17)2/h4-12,23-24H,3H2,1-2H3. The number of nitrogens with one attached hydrogen (secondary N) is 2. The lowest BCUT2D eigenvalue weighted by atomic mass is 10.1. The minimum absolute atomic E-state index is 0.0364. The highest BCUT2D eigenvalue weighted by Gasteiger charge is 2.19. The fourth-order valence-electron chi connectivity index (χ4n) is 2.63. The lowest BCUT2D eigenvalue weighted by molar-refractivity contribution is -0.384.